The number of aryl methyl sites for hydroxylation is 1. The second-order valence-corrected chi connectivity index (χ2v) is 8.21. The van der Waals surface area contributed by atoms with E-state index in [0.717, 1.165) is 31.2 Å². The van der Waals surface area contributed by atoms with E-state index in [-0.39, 0.29) is 11.6 Å². The molecule has 5 rings (SSSR count). The van der Waals surface area contributed by atoms with Crippen LogP contribution in [-0.2, 0) is 0 Å². The Morgan fingerprint density at radius 2 is 1.86 bits per heavy atom. The van der Waals surface area contributed by atoms with Crippen molar-refractivity contribution in [2.75, 3.05) is 0 Å². The van der Waals surface area contributed by atoms with Crippen LogP contribution in [0.1, 0.15) is 50.4 Å². The molecule has 1 saturated carbocycles. The minimum absolute atomic E-state index is 0.0214. The summed E-state index contributed by atoms with van der Waals surface area (Å²) in [4.78, 5) is 22.7. The molecule has 0 unspecified atom stereocenters. The van der Waals surface area contributed by atoms with Crippen LogP contribution in [0.3, 0.4) is 0 Å². The van der Waals surface area contributed by atoms with Gasteiger partial charge >= 0.3 is 0 Å². The molecule has 6 nitrogen and oxygen atoms in total. The number of aromatic nitrogens is 5. The van der Waals surface area contributed by atoms with E-state index in [9.17, 15) is 4.79 Å². The van der Waals surface area contributed by atoms with Gasteiger partial charge in [-0.3, -0.25) is 4.79 Å². The molecule has 0 bridgehead atoms. The summed E-state index contributed by atoms with van der Waals surface area (Å²) in [5, 5.41) is 5.69. The minimum Gasteiger partial charge on any atom is -0.312 e. The number of fused-ring (bicyclic) bond motifs is 2. The molecule has 1 aromatic carbocycles. The Labute approximate surface area is 173 Å². The molecule has 7 heteroatoms. The molecule has 0 aliphatic heterocycles. The number of hydrogen-bond acceptors (Lipinski definition) is 4. The molecule has 0 atom stereocenters. The van der Waals surface area contributed by atoms with Gasteiger partial charge in [0.1, 0.15) is 5.82 Å². The Kier molecular flexibility index (Phi) is 4.59. The lowest BCUT2D eigenvalue weighted by Crippen LogP contribution is -2.25. The van der Waals surface area contributed by atoms with Gasteiger partial charge in [0.25, 0.3) is 11.3 Å². The molecule has 0 amide bonds. The number of rotatable bonds is 2. The Bertz CT molecular complexity index is 1270. The zero-order valence-electron chi connectivity index (χ0n) is 16.3. The average molecular weight is 408 g/mol. The van der Waals surface area contributed by atoms with Gasteiger partial charge in [-0.25, -0.2) is 4.98 Å². The molecule has 0 radical (unpaired) electrons. The fourth-order valence-electron chi connectivity index (χ4n) is 4.42. The monoisotopic (exact) mass is 407 g/mol. The minimum atomic E-state index is -0.0214. The third-order valence-corrected chi connectivity index (χ3v) is 6.01. The van der Waals surface area contributed by atoms with Crippen LogP contribution in [0.25, 0.3) is 27.9 Å². The van der Waals surface area contributed by atoms with Crippen LogP contribution in [-0.4, -0.2) is 24.1 Å². The molecule has 29 heavy (non-hydrogen) atoms. The summed E-state index contributed by atoms with van der Waals surface area (Å²) in [6.07, 6.45) is 8.78. The molecule has 3 aromatic heterocycles. The molecule has 3 heterocycles. The van der Waals surface area contributed by atoms with Crippen LogP contribution < -0.4 is 5.56 Å². The van der Waals surface area contributed by atoms with Crippen LogP contribution >= 0.6 is 11.6 Å². The summed E-state index contributed by atoms with van der Waals surface area (Å²) in [6, 6.07) is 9.66. The quantitative estimate of drug-likeness (QED) is 0.440. The maximum atomic E-state index is 13.7. The summed E-state index contributed by atoms with van der Waals surface area (Å²) < 4.78 is 3.57. The van der Waals surface area contributed by atoms with Gasteiger partial charge in [-0.2, -0.15) is 9.50 Å². The van der Waals surface area contributed by atoms with E-state index >= 15 is 0 Å². The summed E-state index contributed by atoms with van der Waals surface area (Å²) >= 11 is 6.27. The smallest absolute Gasteiger partial charge is 0.262 e. The van der Waals surface area contributed by atoms with Gasteiger partial charge in [0, 0.05) is 22.8 Å². The van der Waals surface area contributed by atoms with Gasteiger partial charge < -0.3 is 4.57 Å². The first-order valence-electron chi connectivity index (χ1n) is 10.2. The molecule has 4 aromatic rings. The normalized spacial score (nSPS) is 15.8. The molecular weight excluding hydrogens is 386 g/mol. The van der Waals surface area contributed by atoms with Crippen molar-refractivity contribution in [1.82, 2.24) is 24.1 Å². The van der Waals surface area contributed by atoms with Crippen molar-refractivity contribution in [2.45, 2.75) is 51.5 Å². The lowest BCUT2D eigenvalue weighted by Gasteiger charge is -2.19. The average Bonchev–Trinajstić information content (AvgIpc) is 2.89. The predicted molar refractivity (Wildman–Crippen MR) is 114 cm³/mol. The van der Waals surface area contributed by atoms with E-state index in [2.05, 4.69) is 15.1 Å². The highest BCUT2D eigenvalue weighted by Crippen LogP contribution is 2.30. The predicted octanol–water partition coefficient (Wildman–Crippen LogP) is 4.96. The maximum Gasteiger partial charge on any atom is 0.262 e. The van der Waals surface area contributed by atoms with Gasteiger partial charge in [0.05, 0.1) is 16.6 Å². The topological polar surface area (TPSA) is 65.1 Å². The SMILES string of the molecule is Cc1nc2nc3ccn(C4CCCCCC4)c(=O)c3c(-c3cccc(Cl)c3)n2n1. The van der Waals surface area contributed by atoms with Crippen LogP contribution in [0.5, 0.6) is 0 Å². The first kappa shape index (κ1) is 18.3. The third kappa shape index (κ3) is 3.21. The Balaban J connectivity index is 1.84. The van der Waals surface area contributed by atoms with Crippen LogP contribution in [0.4, 0.5) is 0 Å². The second-order valence-electron chi connectivity index (χ2n) is 7.78. The van der Waals surface area contributed by atoms with Gasteiger partial charge in [0.15, 0.2) is 0 Å². The molecule has 0 saturated heterocycles. The van der Waals surface area contributed by atoms with Crippen LogP contribution in [0.15, 0.2) is 41.3 Å². The van der Waals surface area contributed by atoms with Crippen molar-refractivity contribution in [2.24, 2.45) is 0 Å². The van der Waals surface area contributed by atoms with Gasteiger partial charge in [-0.1, -0.05) is 49.4 Å². The third-order valence-electron chi connectivity index (χ3n) is 5.78. The molecule has 0 N–H and O–H groups in total. The van der Waals surface area contributed by atoms with Crippen molar-refractivity contribution in [3.05, 3.63) is 57.7 Å². The fourth-order valence-corrected chi connectivity index (χ4v) is 4.61. The zero-order valence-corrected chi connectivity index (χ0v) is 17.1. The number of pyridine rings is 1. The molecule has 148 valence electrons. The summed E-state index contributed by atoms with van der Waals surface area (Å²) in [6.45, 7) is 1.82. The highest BCUT2D eigenvalue weighted by Gasteiger charge is 2.21. The standard InChI is InChI=1S/C22H22ClN5O/c1-14-24-22-25-18-11-12-27(17-9-4-2-3-5-10-17)21(29)19(18)20(28(22)26-14)15-7-6-8-16(23)13-15/h6-8,11-13,17H,2-5,9-10H2,1H3. The summed E-state index contributed by atoms with van der Waals surface area (Å²) in [5.41, 5.74) is 2.14. The lowest BCUT2D eigenvalue weighted by molar-refractivity contribution is 0.434. The van der Waals surface area contributed by atoms with E-state index in [0.29, 0.717) is 33.2 Å². The van der Waals surface area contributed by atoms with E-state index < -0.39 is 0 Å². The number of nitrogens with zero attached hydrogens (tertiary/aromatic N) is 5. The highest BCUT2D eigenvalue weighted by molar-refractivity contribution is 6.30. The van der Waals surface area contributed by atoms with Gasteiger partial charge in [-0.15, -0.1) is 5.10 Å². The Hall–Kier alpha value is -2.73. The van der Waals surface area contributed by atoms with Crippen molar-refractivity contribution in [3.63, 3.8) is 0 Å². The zero-order chi connectivity index (χ0) is 20.0. The van der Waals surface area contributed by atoms with E-state index in [1.54, 1.807) is 4.52 Å². The number of hydrogen-bond donors (Lipinski definition) is 0. The van der Waals surface area contributed by atoms with Gasteiger partial charge in [0.2, 0.25) is 0 Å². The van der Waals surface area contributed by atoms with E-state index in [1.807, 2.05) is 48.0 Å². The summed E-state index contributed by atoms with van der Waals surface area (Å²) in [7, 11) is 0. The Morgan fingerprint density at radius 3 is 2.62 bits per heavy atom. The molecular formula is C22H22ClN5O. The van der Waals surface area contributed by atoms with Crippen LogP contribution in [0.2, 0.25) is 5.02 Å². The first-order chi connectivity index (χ1) is 14.1. The second kappa shape index (κ2) is 7.26. The van der Waals surface area contributed by atoms with E-state index in [4.69, 9.17) is 11.6 Å². The number of benzene rings is 1. The molecule has 1 aliphatic rings. The summed E-state index contributed by atoms with van der Waals surface area (Å²) in [5.74, 6) is 1.09. The Morgan fingerprint density at radius 1 is 1.07 bits per heavy atom. The fraction of sp³-hybridized carbons (Fsp3) is 0.364. The van der Waals surface area contributed by atoms with Crippen molar-refractivity contribution in [1.29, 1.82) is 0 Å². The van der Waals surface area contributed by atoms with Crippen molar-refractivity contribution >= 4 is 28.3 Å². The molecule has 1 fully saturated rings. The molecule has 0 spiro atoms. The van der Waals surface area contributed by atoms with Gasteiger partial charge in [-0.05, 0) is 38.0 Å². The number of halogens is 1. The van der Waals surface area contributed by atoms with E-state index in [1.165, 1.54) is 12.8 Å². The largest absolute Gasteiger partial charge is 0.312 e. The first-order valence-corrected chi connectivity index (χ1v) is 10.5. The van der Waals surface area contributed by atoms with Crippen molar-refractivity contribution in [3.8, 4) is 11.3 Å². The van der Waals surface area contributed by atoms with Crippen LogP contribution in [0, 0.1) is 6.92 Å². The molecule has 1 aliphatic carbocycles. The highest BCUT2D eigenvalue weighted by atomic mass is 35.5. The lowest BCUT2D eigenvalue weighted by atomic mass is 10.1. The van der Waals surface area contributed by atoms with Crippen molar-refractivity contribution < 1.29 is 0 Å². The maximum absolute atomic E-state index is 13.7.